The Morgan fingerprint density at radius 1 is 0.857 bits per heavy atom. The molecule has 1 aliphatic heterocycles. The molecule has 152 valence electrons. The topological polar surface area (TPSA) is 51.2 Å². The molecule has 0 radical (unpaired) electrons. The molecule has 2 aromatic carbocycles. The maximum atomic E-state index is 10.5. The largest absolute Gasteiger partial charge is 0.393 e. The molecule has 1 N–H and O–H groups in total. The molecule has 0 aromatic heterocycles. The zero-order chi connectivity index (χ0) is 19.8. The lowest BCUT2D eigenvalue weighted by atomic mass is 9.97. The predicted molar refractivity (Wildman–Crippen MR) is 110 cm³/mol. The van der Waals surface area contributed by atoms with Crippen molar-refractivity contribution in [3.05, 3.63) is 71.8 Å². The van der Waals surface area contributed by atoms with E-state index in [0.29, 0.717) is 38.8 Å². The molecule has 1 aliphatic rings. The highest BCUT2D eigenvalue weighted by Gasteiger charge is 2.44. The zero-order valence-corrected chi connectivity index (χ0v) is 16.9. The molecule has 0 saturated carbocycles. The van der Waals surface area contributed by atoms with Crippen LogP contribution in [0.3, 0.4) is 0 Å². The van der Waals surface area contributed by atoms with Gasteiger partial charge >= 0.3 is 0 Å². The summed E-state index contributed by atoms with van der Waals surface area (Å²) in [6.45, 7) is 6.59. The predicted octanol–water partition coefficient (Wildman–Crippen LogP) is 4.21. The lowest BCUT2D eigenvalue weighted by Gasteiger charge is -2.18. The van der Waals surface area contributed by atoms with Crippen molar-refractivity contribution < 1.29 is 19.3 Å². The molecule has 0 unspecified atom stereocenters. The van der Waals surface area contributed by atoms with E-state index >= 15 is 0 Å². The highest BCUT2D eigenvalue weighted by molar-refractivity contribution is 5.14. The second-order valence-electron chi connectivity index (χ2n) is 7.90. The summed E-state index contributed by atoms with van der Waals surface area (Å²) in [7, 11) is 0. The van der Waals surface area contributed by atoms with Crippen molar-refractivity contribution in [2.45, 2.75) is 51.8 Å². The molecular formula is C24H32O4. The summed E-state index contributed by atoms with van der Waals surface area (Å²) in [5.41, 5.74) is 2.34. The Morgan fingerprint density at radius 2 is 1.39 bits per heavy atom. The molecule has 5 atom stereocenters. The van der Waals surface area contributed by atoms with Gasteiger partial charge in [-0.2, -0.15) is 0 Å². The van der Waals surface area contributed by atoms with Gasteiger partial charge in [-0.05, 0) is 11.1 Å². The van der Waals surface area contributed by atoms with Gasteiger partial charge in [0.2, 0.25) is 0 Å². The number of rotatable bonds is 12. The van der Waals surface area contributed by atoms with Gasteiger partial charge in [0.15, 0.2) is 0 Å². The van der Waals surface area contributed by atoms with Crippen LogP contribution in [0.1, 0.15) is 31.4 Å². The van der Waals surface area contributed by atoms with Gasteiger partial charge in [0, 0.05) is 18.3 Å². The first-order chi connectivity index (χ1) is 13.6. The van der Waals surface area contributed by atoms with E-state index in [-0.39, 0.29) is 18.1 Å². The fourth-order valence-corrected chi connectivity index (χ4v) is 3.40. The average Bonchev–Trinajstić information content (AvgIpc) is 3.48. The van der Waals surface area contributed by atoms with Crippen molar-refractivity contribution in [1.29, 1.82) is 0 Å². The first-order valence-electron chi connectivity index (χ1n) is 10.2. The second-order valence-corrected chi connectivity index (χ2v) is 7.90. The molecule has 1 heterocycles. The van der Waals surface area contributed by atoms with Gasteiger partial charge < -0.3 is 19.3 Å². The van der Waals surface area contributed by atoms with Crippen LogP contribution in [0.15, 0.2) is 60.7 Å². The summed E-state index contributed by atoms with van der Waals surface area (Å²) in [5.74, 6) is 0.406. The van der Waals surface area contributed by atoms with Gasteiger partial charge in [-0.25, -0.2) is 0 Å². The summed E-state index contributed by atoms with van der Waals surface area (Å²) < 4.78 is 17.4. The number of hydrogen-bond donors (Lipinski definition) is 1. The smallest absolute Gasteiger partial charge is 0.0890 e. The van der Waals surface area contributed by atoms with E-state index in [4.69, 9.17) is 14.2 Å². The molecule has 1 fully saturated rings. The Morgan fingerprint density at radius 3 is 1.96 bits per heavy atom. The Balaban J connectivity index is 1.29. The van der Waals surface area contributed by atoms with Crippen molar-refractivity contribution in [2.75, 3.05) is 13.2 Å². The quantitative estimate of drug-likeness (QED) is 0.557. The number of benzene rings is 2. The van der Waals surface area contributed by atoms with Crippen LogP contribution in [0.2, 0.25) is 0 Å². The third kappa shape index (κ3) is 6.71. The first-order valence-corrected chi connectivity index (χ1v) is 10.2. The van der Waals surface area contributed by atoms with Crippen LogP contribution >= 0.6 is 0 Å². The van der Waals surface area contributed by atoms with E-state index in [9.17, 15) is 5.11 Å². The summed E-state index contributed by atoms with van der Waals surface area (Å²) in [4.78, 5) is 0. The van der Waals surface area contributed by atoms with Crippen LogP contribution in [0.25, 0.3) is 0 Å². The van der Waals surface area contributed by atoms with Crippen LogP contribution in [0.5, 0.6) is 0 Å². The van der Waals surface area contributed by atoms with E-state index in [0.717, 1.165) is 5.56 Å². The molecule has 1 saturated heterocycles. The Hall–Kier alpha value is -1.72. The maximum Gasteiger partial charge on any atom is 0.0890 e. The van der Waals surface area contributed by atoms with Gasteiger partial charge in [-0.1, -0.05) is 74.5 Å². The normalized spacial score (nSPS) is 21.8. The highest BCUT2D eigenvalue weighted by atomic mass is 16.6. The Bertz CT molecular complexity index is 676. The summed E-state index contributed by atoms with van der Waals surface area (Å²) in [6.07, 6.45) is 0.553. The van der Waals surface area contributed by atoms with Crippen LogP contribution < -0.4 is 0 Å². The van der Waals surface area contributed by atoms with Crippen LogP contribution in [-0.4, -0.2) is 36.6 Å². The SMILES string of the molecule is C[C@@H](COCc1ccccc1)[C@@H]1O[C@@H]1C[C@H](O)[C@@H](C)COCc1ccccc1. The Labute approximate surface area is 168 Å². The molecule has 28 heavy (non-hydrogen) atoms. The summed E-state index contributed by atoms with van der Waals surface area (Å²) >= 11 is 0. The molecule has 4 heteroatoms. The molecule has 0 amide bonds. The monoisotopic (exact) mass is 384 g/mol. The number of aliphatic hydroxyl groups is 1. The fourth-order valence-electron chi connectivity index (χ4n) is 3.40. The number of aliphatic hydroxyl groups excluding tert-OH is 1. The lowest BCUT2D eigenvalue weighted by molar-refractivity contribution is 0.0221. The second kappa shape index (κ2) is 10.7. The van der Waals surface area contributed by atoms with Crippen molar-refractivity contribution in [3.8, 4) is 0 Å². The molecule has 3 rings (SSSR count). The van der Waals surface area contributed by atoms with Gasteiger partial charge in [-0.3, -0.25) is 0 Å². The standard InChI is InChI=1S/C24H32O4/c1-18(14-26-16-20-9-5-3-6-10-20)22(25)13-23-24(28-23)19(2)15-27-17-21-11-7-4-8-12-21/h3-12,18-19,22-25H,13-17H2,1-2H3/t18-,19-,22-,23+,24-/m0/s1. The van der Waals surface area contributed by atoms with Gasteiger partial charge in [0.25, 0.3) is 0 Å². The summed E-state index contributed by atoms with van der Waals surface area (Å²) in [5, 5.41) is 10.5. The van der Waals surface area contributed by atoms with Crippen molar-refractivity contribution in [2.24, 2.45) is 11.8 Å². The molecule has 4 nitrogen and oxygen atoms in total. The number of hydrogen-bond acceptors (Lipinski definition) is 4. The molecule has 2 aromatic rings. The third-order valence-electron chi connectivity index (χ3n) is 5.30. The van der Waals surface area contributed by atoms with E-state index in [1.165, 1.54) is 5.56 Å². The molecular weight excluding hydrogens is 352 g/mol. The minimum absolute atomic E-state index is 0.0817. The number of ether oxygens (including phenoxy) is 3. The van der Waals surface area contributed by atoms with E-state index in [1.54, 1.807) is 0 Å². The highest BCUT2D eigenvalue weighted by Crippen LogP contribution is 2.34. The average molecular weight is 385 g/mol. The fraction of sp³-hybridized carbons (Fsp3) is 0.500. The van der Waals surface area contributed by atoms with Crippen LogP contribution in [0.4, 0.5) is 0 Å². The van der Waals surface area contributed by atoms with E-state index < -0.39 is 6.10 Å². The van der Waals surface area contributed by atoms with E-state index in [2.05, 4.69) is 19.1 Å². The van der Waals surface area contributed by atoms with Crippen LogP contribution in [-0.2, 0) is 27.4 Å². The third-order valence-corrected chi connectivity index (χ3v) is 5.30. The molecule has 0 bridgehead atoms. The number of epoxide rings is 1. The van der Waals surface area contributed by atoms with Gasteiger partial charge in [0.1, 0.15) is 0 Å². The first kappa shape index (κ1) is 21.0. The zero-order valence-electron chi connectivity index (χ0n) is 16.9. The van der Waals surface area contributed by atoms with Crippen LogP contribution in [0, 0.1) is 11.8 Å². The van der Waals surface area contributed by atoms with Gasteiger partial charge in [0.05, 0.1) is 44.7 Å². The molecule has 0 aliphatic carbocycles. The van der Waals surface area contributed by atoms with Crippen molar-refractivity contribution in [1.82, 2.24) is 0 Å². The van der Waals surface area contributed by atoms with Gasteiger partial charge in [-0.15, -0.1) is 0 Å². The maximum absolute atomic E-state index is 10.5. The lowest BCUT2D eigenvalue weighted by Crippen LogP contribution is -2.25. The van der Waals surface area contributed by atoms with E-state index in [1.807, 2.05) is 55.5 Å². The minimum atomic E-state index is -0.414. The summed E-state index contributed by atoms with van der Waals surface area (Å²) in [6, 6.07) is 20.3. The van der Waals surface area contributed by atoms with Crippen molar-refractivity contribution >= 4 is 0 Å². The Kier molecular flexibility index (Phi) is 8.04. The molecule has 0 spiro atoms. The van der Waals surface area contributed by atoms with Crippen molar-refractivity contribution in [3.63, 3.8) is 0 Å². The minimum Gasteiger partial charge on any atom is -0.393 e.